The lowest BCUT2D eigenvalue weighted by atomic mass is 10.1. The van der Waals surface area contributed by atoms with Crippen LogP contribution in [0.15, 0.2) is 0 Å². The van der Waals surface area contributed by atoms with Crippen LogP contribution in [-0.2, 0) is 0 Å². The molecule has 1 N–H and O–H groups in total. The fourth-order valence-electron chi connectivity index (χ4n) is 3.65. The first kappa shape index (κ1) is 13.8. The molecule has 0 aromatic carbocycles. The van der Waals surface area contributed by atoms with E-state index < -0.39 is 0 Å². The van der Waals surface area contributed by atoms with E-state index >= 15 is 0 Å². The molecule has 0 amide bonds. The molecule has 0 radical (unpaired) electrons. The molecule has 3 rings (SSSR count). The molecule has 2 aliphatic heterocycles. The number of hydrogen-bond acceptors (Lipinski definition) is 4. The van der Waals surface area contributed by atoms with Crippen LogP contribution in [0.4, 0.5) is 0 Å². The number of piperazine rings is 2. The summed E-state index contributed by atoms with van der Waals surface area (Å²) in [4.78, 5) is 7.98. The second-order valence-corrected chi connectivity index (χ2v) is 6.98. The Bertz CT molecular complexity index is 305. The summed E-state index contributed by atoms with van der Waals surface area (Å²) < 4.78 is 0. The highest BCUT2D eigenvalue weighted by Gasteiger charge is 2.46. The van der Waals surface area contributed by atoms with Crippen LogP contribution in [0.1, 0.15) is 33.6 Å². The highest BCUT2D eigenvalue weighted by Crippen LogP contribution is 2.38. The molecule has 1 aliphatic carbocycles. The molecule has 4 nitrogen and oxygen atoms in total. The van der Waals surface area contributed by atoms with Gasteiger partial charge in [-0.25, -0.2) is 0 Å². The molecular formula is C15H30N4. The maximum atomic E-state index is 3.71. The Morgan fingerprint density at radius 1 is 0.842 bits per heavy atom. The first-order chi connectivity index (χ1) is 9.10. The van der Waals surface area contributed by atoms with E-state index in [0.29, 0.717) is 17.7 Å². The maximum Gasteiger partial charge on any atom is 0.0595 e. The molecule has 1 spiro atoms. The molecule has 1 atom stereocenters. The monoisotopic (exact) mass is 266 g/mol. The Labute approximate surface area is 118 Å². The van der Waals surface area contributed by atoms with E-state index in [1.807, 2.05) is 0 Å². The van der Waals surface area contributed by atoms with Gasteiger partial charge in [-0.05, 0) is 33.6 Å². The van der Waals surface area contributed by atoms with E-state index in [4.69, 9.17) is 0 Å². The Morgan fingerprint density at radius 3 is 2.05 bits per heavy atom. The average Bonchev–Trinajstić information content (AvgIpc) is 3.17. The molecule has 1 unspecified atom stereocenters. The molecule has 0 aromatic heterocycles. The normalized spacial score (nSPS) is 30.9. The van der Waals surface area contributed by atoms with E-state index in [9.17, 15) is 0 Å². The molecule has 4 heteroatoms. The van der Waals surface area contributed by atoms with Crippen molar-refractivity contribution in [2.75, 3.05) is 45.8 Å². The third-order valence-electron chi connectivity index (χ3n) is 5.39. The molecule has 19 heavy (non-hydrogen) atoms. The molecule has 1 saturated carbocycles. The van der Waals surface area contributed by atoms with Crippen molar-refractivity contribution in [1.82, 2.24) is 20.0 Å². The van der Waals surface area contributed by atoms with Gasteiger partial charge in [0.1, 0.15) is 0 Å². The van der Waals surface area contributed by atoms with Crippen molar-refractivity contribution in [2.24, 2.45) is 0 Å². The molecule has 3 fully saturated rings. The predicted octanol–water partition coefficient (Wildman–Crippen LogP) is 0.796. The zero-order valence-corrected chi connectivity index (χ0v) is 12.9. The second kappa shape index (κ2) is 5.32. The topological polar surface area (TPSA) is 21.8 Å². The second-order valence-electron chi connectivity index (χ2n) is 6.98. The summed E-state index contributed by atoms with van der Waals surface area (Å²) in [5.41, 5.74) is 0.506. The Balaban J connectivity index is 1.52. The van der Waals surface area contributed by atoms with Gasteiger partial charge in [-0.1, -0.05) is 0 Å². The van der Waals surface area contributed by atoms with Crippen LogP contribution >= 0.6 is 0 Å². The van der Waals surface area contributed by atoms with Crippen LogP contribution in [0.5, 0.6) is 0 Å². The molecule has 2 heterocycles. The molecule has 110 valence electrons. The Morgan fingerprint density at radius 2 is 1.47 bits per heavy atom. The van der Waals surface area contributed by atoms with Gasteiger partial charge in [0.15, 0.2) is 0 Å². The molecule has 2 saturated heterocycles. The minimum Gasteiger partial charge on any atom is -0.309 e. The van der Waals surface area contributed by atoms with E-state index in [-0.39, 0.29) is 0 Å². The summed E-state index contributed by atoms with van der Waals surface area (Å²) in [6, 6.07) is 0.700. The lowest BCUT2D eigenvalue weighted by Crippen LogP contribution is -2.61. The van der Waals surface area contributed by atoms with Crippen LogP contribution in [-0.4, -0.2) is 78.3 Å². The average molecular weight is 266 g/mol. The van der Waals surface area contributed by atoms with Crippen molar-refractivity contribution >= 4 is 0 Å². The van der Waals surface area contributed by atoms with Crippen LogP contribution in [0.2, 0.25) is 0 Å². The summed E-state index contributed by atoms with van der Waals surface area (Å²) in [5.74, 6) is 0. The summed E-state index contributed by atoms with van der Waals surface area (Å²) in [5, 5.41) is 3.71. The number of hydrogen-bond donors (Lipinski definition) is 1. The minimum absolute atomic E-state index is 0.506. The van der Waals surface area contributed by atoms with Crippen molar-refractivity contribution in [3.05, 3.63) is 0 Å². The van der Waals surface area contributed by atoms with Crippen molar-refractivity contribution in [1.29, 1.82) is 0 Å². The third kappa shape index (κ3) is 2.97. The maximum absolute atomic E-state index is 3.71. The summed E-state index contributed by atoms with van der Waals surface area (Å²) in [6.07, 6.45) is 3.39. The quantitative estimate of drug-likeness (QED) is 0.815. The minimum atomic E-state index is 0.506. The molecule has 0 bridgehead atoms. The van der Waals surface area contributed by atoms with Crippen molar-refractivity contribution in [3.63, 3.8) is 0 Å². The Hall–Kier alpha value is -0.160. The fraction of sp³-hybridized carbons (Fsp3) is 1.00. The van der Waals surface area contributed by atoms with E-state index in [2.05, 4.69) is 40.8 Å². The van der Waals surface area contributed by atoms with Crippen molar-refractivity contribution < 1.29 is 0 Å². The summed E-state index contributed by atoms with van der Waals surface area (Å²) >= 11 is 0. The summed E-state index contributed by atoms with van der Waals surface area (Å²) in [7, 11) is 0. The van der Waals surface area contributed by atoms with Crippen LogP contribution in [0.25, 0.3) is 0 Å². The van der Waals surface area contributed by atoms with Crippen molar-refractivity contribution in [3.8, 4) is 0 Å². The number of nitrogens with zero attached hydrogens (tertiary/aromatic N) is 3. The van der Waals surface area contributed by atoms with Gasteiger partial charge in [0.2, 0.25) is 0 Å². The van der Waals surface area contributed by atoms with Gasteiger partial charge in [0.25, 0.3) is 0 Å². The summed E-state index contributed by atoms with van der Waals surface area (Å²) in [6.45, 7) is 15.6. The zero-order valence-electron chi connectivity index (χ0n) is 12.9. The van der Waals surface area contributed by atoms with Crippen molar-refractivity contribution in [2.45, 2.75) is 51.4 Å². The molecule has 3 aliphatic rings. The van der Waals surface area contributed by atoms with Gasteiger partial charge >= 0.3 is 0 Å². The van der Waals surface area contributed by atoms with E-state index in [1.54, 1.807) is 0 Å². The molecule has 0 aromatic rings. The lowest BCUT2D eigenvalue weighted by molar-refractivity contribution is -0.00420. The highest BCUT2D eigenvalue weighted by molar-refractivity contribution is 5.07. The lowest BCUT2D eigenvalue weighted by Gasteiger charge is -2.46. The van der Waals surface area contributed by atoms with Gasteiger partial charge < -0.3 is 5.32 Å². The molecular weight excluding hydrogens is 236 g/mol. The smallest absolute Gasteiger partial charge is 0.0595 e. The highest BCUT2D eigenvalue weighted by atomic mass is 15.4. The number of rotatable bonds is 3. The number of nitrogens with one attached hydrogen (secondary N) is 1. The van der Waals surface area contributed by atoms with E-state index in [1.165, 1.54) is 58.7 Å². The van der Waals surface area contributed by atoms with Crippen LogP contribution < -0.4 is 5.32 Å². The van der Waals surface area contributed by atoms with Gasteiger partial charge in [-0.3, -0.25) is 14.7 Å². The Kier molecular flexibility index (Phi) is 3.87. The van der Waals surface area contributed by atoms with Crippen LogP contribution in [0, 0.1) is 0 Å². The third-order valence-corrected chi connectivity index (χ3v) is 5.39. The zero-order chi connectivity index (χ0) is 13.5. The fourth-order valence-corrected chi connectivity index (χ4v) is 3.65. The standard InChI is InChI=1S/C15H30N4/c1-13(2)17-8-10-18(11-9-17)14(3)19-7-6-16-15(12-19)4-5-15/h13-14,16H,4-12H2,1-3H3. The van der Waals surface area contributed by atoms with Gasteiger partial charge in [-0.2, -0.15) is 0 Å². The van der Waals surface area contributed by atoms with Crippen LogP contribution in [0.3, 0.4) is 0 Å². The SMILES string of the molecule is CC(C)N1CCN(C(C)N2CCNC3(CC3)C2)CC1. The van der Waals surface area contributed by atoms with Gasteiger partial charge in [-0.15, -0.1) is 0 Å². The predicted molar refractivity (Wildman–Crippen MR) is 79.3 cm³/mol. The first-order valence-corrected chi connectivity index (χ1v) is 8.07. The van der Waals surface area contributed by atoms with Gasteiger partial charge in [0.05, 0.1) is 6.17 Å². The van der Waals surface area contributed by atoms with E-state index in [0.717, 1.165) is 0 Å². The first-order valence-electron chi connectivity index (χ1n) is 8.07. The largest absolute Gasteiger partial charge is 0.309 e. The van der Waals surface area contributed by atoms with Gasteiger partial charge in [0, 0.05) is 57.4 Å².